The molecule has 1 aliphatic heterocycles. The van der Waals surface area contributed by atoms with Gasteiger partial charge < -0.3 is 14.5 Å². The molecule has 1 N–H and O–H groups in total. The minimum atomic E-state index is 0.0172. The van der Waals surface area contributed by atoms with E-state index in [0.29, 0.717) is 24.3 Å². The predicted molar refractivity (Wildman–Crippen MR) is 74.7 cm³/mol. The van der Waals surface area contributed by atoms with Crippen LogP contribution in [0.4, 0.5) is 0 Å². The number of halogens is 1. The molecule has 2 rings (SSSR count). The lowest BCUT2D eigenvalue weighted by Crippen LogP contribution is -2.38. The maximum Gasteiger partial charge on any atom is 0.234 e. The van der Waals surface area contributed by atoms with Gasteiger partial charge in [-0.1, -0.05) is 0 Å². The van der Waals surface area contributed by atoms with Gasteiger partial charge in [0.1, 0.15) is 5.76 Å². The first kappa shape index (κ1) is 14.6. The molecule has 2 heterocycles. The molecule has 1 aromatic rings. The van der Waals surface area contributed by atoms with Crippen molar-refractivity contribution in [1.29, 1.82) is 0 Å². The Bertz CT molecular complexity index is 416. The Morgan fingerprint density at radius 1 is 1.58 bits per heavy atom. The summed E-state index contributed by atoms with van der Waals surface area (Å²) in [6.07, 6.45) is 2.32. The molecular weight excluding hydrogens is 312 g/mol. The second-order valence-electron chi connectivity index (χ2n) is 4.82. The normalized spacial score (nSPS) is 19.0. The maximum absolute atomic E-state index is 11.8. The van der Waals surface area contributed by atoms with Gasteiger partial charge in [-0.05, 0) is 48.0 Å². The SMILES string of the molecule is CN(CC(=O)NCC1CCCO1)Cc1ccc(Br)o1. The minimum Gasteiger partial charge on any atom is -0.453 e. The molecule has 5 nitrogen and oxygen atoms in total. The smallest absolute Gasteiger partial charge is 0.234 e. The summed E-state index contributed by atoms with van der Waals surface area (Å²) >= 11 is 3.26. The van der Waals surface area contributed by atoms with E-state index in [0.717, 1.165) is 25.2 Å². The van der Waals surface area contributed by atoms with Gasteiger partial charge in [-0.2, -0.15) is 0 Å². The molecule has 1 fully saturated rings. The average molecular weight is 331 g/mol. The highest BCUT2D eigenvalue weighted by Gasteiger charge is 2.16. The fraction of sp³-hybridized carbons (Fsp3) is 0.615. The molecule has 1 unspecified atom stereocenters. The number of hydrogen-bond acceptors (Lipinski definition) is 4. The third-order valence-electron chi connectivity index (χ3n) is 3.02. The summed E-state index contributed by atoms with van der Waals surface area (Å²) in [5, 5.41) is 2.90. The summed E-state index contributed by atoms with van der Waals surface area (Å²) in [4.78, 5) is 13.7. The number of furan rings is 1. The summed E-state index contributed by atoms with van der Waals surface area (Å²) in [6, 6.07) is 3.74. The summed E-state index contributed by atoms with van der Waals surface area (Å²) < 4.78 is 11.6. The van der Waals surface area contributed by atoms with Crippen molar-refractivity contribution >= 4 is 21.8 Å². The number of carbonyl (C=O) groups excluding carboxylic acids is 1. The van der Waals surface area contributed by atoms with Gasteiger partial charge in [0.2, 0.25) is 5.91 Å². The number of ether oxygens (including phenoxy) is 1. The molecular formula is C13H19BrN2O3. The summed E-state index contributed by atoms with van der Waals surface area (Å²) in [7, 11) is 1.89. The molecule has 1 amide bonds. The van der Waals surface area contributed by atoms with Crippen LogP contribution in [0.15, 0.2) is 21.2 Å². The van der Waals surface area contributed by atoms with Gasteiger partial charge in [-0.3, -0.25) is 9.69 Å². The van der Waals surface area contributed by atoms with E-state index < -0.39 is 0 Å². The van der Waals surface area contributed by atoms with E-state index in [9.17, 15) is 4.79 Å². The fourth-order valence-electron chi connectivity index (χ4n) is 2.09. The Kier molecular flexibility index (Phi) is 5.42. The topological polar surface area (TPSA) is 54.7 Å². The van der Waals surface area contributed by atoms with Crippen LogP contribution in [0.1, 0.15) is 18.6 Å². The number of amides is 1. The van der Waals surface area contributed by atoms with Crippen LogP contribution in [0.25, 0.3) is 0 Å². The van der Waals surface area contributed by atoms with E-state index in [1.54, 1.807) is 0 Å². The molecule has 0 aromatic carbocycles. The Balaban J connectivity index is 1.66. The quantitative estimate of drug-likeness (QED) is 0.863. The lowest BCUT2D eigenvalue weighted by molar-refractivity contribution is -0.122. The lowest BCUT2D eigenvalue weighted by atomic mass is 10.2. The van der Waals surface area contributed by atoms with Crippen LogP contribution in [0.2, 0.25) is 0 Å². The largest absolute Gasteiger partial charge is 0.453 e. The molecule has 0 bridgehead atoms. The first-order valence-corrected chi connectivity index (χ1v) is 7.24. The number of rotatable bonds is 6. The van der Waals surface area contributed by atoms with Crippen LogP contribution in [0.5, 0.6) is 0 Å². The fourth-order valence-corrected chi connectivity index (χ4v) is 2.43. The third kappa shape index (κ3) is 4.97. The standard InChI is InChI=1S/C13H19BrN2O3/c1-16(8-11-4-5-12(14)19-11)9-13(17)15-7-10-3-2-6-18-10/h4-5,10H,2-3,6-9H2,1H3,(H,15,17). The molecule has 6 heteroatoms. The number of carbonyl (C=O) groups is 1. The Morgan fingerprint density at radius 3 is 3.05 bits per heavy atom. The van der Waals surface area contributed by atoms with Crippen molar-refractivity contribution in [2.24, 2.45) is 0 Å². The van der Waals surface area contributed by atoms with Crippen molar-refractivity contribution in [2.75, 3.05) is 26.7 Å². The molecule has 1 saturated heterocycles. The van der Waals surface area contributed by atoms with Gasteiger partial charge in [0, 0.05) is 13.2 Å². The van der Waals surface area contributed by atoms with Gasteiger partial charge in [-0.15, -0.1) is 0 Å². The Labute approximate surface area is 121 Å². The molecule has 0 radical (unpaired) electrons. The second-order valence-corrected chi connectivity index (χ2v) is 5.60. The molecule has 0 spiro atoms. The van der Waals surface area contributed by atoms with Crippen LogP contribution < -0.4 is 5.32 Å². The van der Waals surface area contributed by atoms with Crippen molar-refractivity contribution in [3.63, 3.8) is 0 Å². The first-order valence-electron chi connectivity index (χ1n) is 6.44. The van der Waals surface area contributed by atoms with Crippen molar-refractivity contribution in [3.05, 3.63) is 22.6 Å². The lowest BCUT2D eigenvalue weighted by Gasteiger charge is -2.16. The van der Waals surface area contributed by atoms with Gasteiger partial charge in [0.25, 0.3) is 0 Å². The summed E-state index contributed by atoms with van der Waals surface area (Å²) in [5.74, 6) is 0.852. The monoisotopic (exact) mass is 330 g/mol. The highest BCUT2D eigenvalue weighted by molar-refractivity contribution is 9.10. The zero-order valence-electron chi connectivity index (χ0n) is 11.0. The minimum absolute atomic E-state index is 0.0172. The maximum atomic E-state index is 11.8. The van der Waals surface area contributed by atoms with E-state index >= 15 is 0 Å². The second kappa shape index (κ2) is 7.07. The highest BCUT2D eigenvalue weighted by Crippen LogP contribution is 2.15. The molecule has 1 aromatic heterocycles. The van der Waals surface area contributed by atoms with Crippen LogP contribution in [-0.4, -0.2) is 43.7 Å². The zero-order chi connectivity index (χ0) is 13.7. The van der Waals surface area contributed by atoms with E-state index in [1.807, 2.05) is 24.1 Å². The van der Waals surface area contributed by atoms with E-state index in [1.165, 1.54) is 0 Å². The van der Waals surface area contributed by atoms with Crippen molar-refractivity contribution in [2.45, 2.75) is 25.5 Å². The third-order valence-corrected chi connectivity index (χ3v) is 3.45. The summed E-state index contributed by atoms with van der Waals surface area (Å²) in [6.45, 7) is 2.39. The van der Waals surface area contributed by atoms with Crippen molar-refractivity contribution in [1.82, 2.24) is 10.2 Å². The molecule has 1 aliphatic rings. The summed E-state index contributed by atoms with van der Waals surface area (Å²) in [5.41, 5.74) is 0. The molecule has 0 aliphatic carbocycles. The number of nitrogens with zero attached hydrogens (tertiary/aromatic N) is 1. The number of likely N-dealkylation sites (N-methyl/N-ethyl adjacent to an activating group) is 1. The highest BCUT2D eigenvalue weighted by atomic mass is 79.9. The van der Waals surface area contributed by atoms with E-state index in [-0.39, 0.29) is 12.0 Å². The van der Waals surface area contributed by atoms with E-state index in [4.69, 9.17) is 9.15 Å². The number of nitrogens with one attached hydrogen (secondary N) is 1. The molecule has 19 heavy (non-hydrogen) atoms. The Hall–Kier alpha value is -0.850. The zero-order valence-corrected chi connectivity index (χ0v) is 12.6. The van der Waals surface area contributed by atoms with Crippen LogP contribution >= 0.6 is 15.9 Å². The van der Waals surface area contributed by atoms with E-state index in [2.05, 4.69) is 21.2 Å². The van der Waals surface area contributed by atoms with Gasteiger partial charge in [0.05, 0.1) is 19.2 Å². The Morgan fingerprint density at radius 2 is 2.42 bits per heavy atom. The van der Waals surface area contributed by atoms with Crippen LogP contribution in [0.3, 0.4) is 0 Å². The van der Waals surface area contributed by atoms with Crippen molar-refractivity contribution in [3.8, 4) is 0 Å². The predicted octanol–water partition coefficient (Wildman–Crippen LogP) is 1.77. The first-order chi connectivity index (χ1) is 9.13. The average Bonchev–Trinajstić information content (AvgIpc) is 2.98. The van der Waals surface area contributed by atoms with Crippen LogP contribution in [-0.2, 0) is 16.1 Å². The van der Waals surface area contributed by atoms with Crippen molar-refractivity contribution < 1.29 is 13.9 Å². The number of hydrogen-bond donors (Lipinski definition) is 1. The molecule has 1 atom stereocenters. The molecule has 106 valence electrons. The van der Waals surface area contributed by atoms with Gasteiger partial charge >= 0.3 is 0 Å². The van der Waals surface area contributed by atoms with Gasteiger partial charge in [-0.25, -0.2) is 0 Å². The molecule has 0 saturated carbocycles. The van der Waals surface area contributed by atoms with Crippen LogP contribution in [0, 0.1) is 0 Å². The van der Waals surface area contributed by atoms with Gasteiger partial charge in [0.15, 0.2) is 4.67 Å².